The lowest BCUT2D eigenvalue weighted by Crippen LogP contribution is -2.38. The molecule has 0 saturated heterocycles. The average molecular weight is 269 g/mol. The zero-order valence-electron chi connectivity index (χ0n) is 9.56. The van der Waals surface area contributed by atoms with Crippen molar-refractivity contribution >= 4 is 29.5 Å². The predicted molar refractivity (Wildman–Crippen MR) is 68.5 cm³/mol. The van der Waals surface area contributed by atoms with E-state index in [1.54, 1.807) is 0 Å². The smallest absolute Gasteiger partial charge is 0.211 e. The van der Waals surface area contributed by atoms with Crippen molar-refractivity contribution in [3.63, 3.8) is 0 Å². The topological polar surface area (TPSA) is 87.1 Å². The third kappa shape index (κ3) is 2.44. The third-order valence-corrected chi connectivity index (χ3v) is 3.13. The molecule has 7 heteroatoms. The van der Waals surface area contributed by atoms with E-state index in [2.05, 4.69) is 20.6 Å². The van der Waals surface area contributed by atoms with E-state index < -0.39 is 5.54 Å². The molecular formula is C11H13ClN4O2. The van der Waals surface area contributed by atoms with E-state index >= 15 is 0 Å². The Balaban J connectivity index is 2.30. The molecule has 0 unspecified atom stereocenters. The largest absolute Gasteiger partial charge is 0.394 e. The second-order valence-electron chi connectivity index (χ2n) is 4.03. The molecule has 0 fully saturated rings. The minimum atomic E-state index is -0.559. The maximum atomic E-state index is 10.5. The molecule has 1 amide bonds. The van der Waals surface area contributed by atoms with Crippen LogP contribution in [0, 0.1) is 0 Å². The van der Waals surface area contributed by atoms with E-state index in [4.69, 9.17) is 11.6 Å². The van der Waals surface area contributed by atoms with Crippen LogP contribution < -0.4 is 10.6 Å². The van der Waals surface area contributed by atoms with Gasteiger partial charge < -0.3 is 15.7 Å². The number of hydrogen-bond donors (Lipinski definition) is 3. The summed E-state index contributed by atoms with van der Waals surface area (Å²) in [4.78, 5) is 18.4. The minimum Gasteiger partial charge on any atom is -0.394 e. The monoisotopic (exact) mass is 268 g/mol. The van der Waals surface area contributed by atoms with Gasteiger partial charge in [-0.3, -0.25) is 4.79 Å². The Bertz CT molecular complexity index is 480. The van der Waals surface area contributed by atoms with Crippen LogP contribution in [0.1, 0.15) is 12.8 Å². The first-order valence-corrected chi connectivity index (χ1v) is 5.86. The Morgan fingerprint density at radius 3 is 3.00 bits per heavy atom. The number of aliphatic hydroxyl groups excluding tert-OH is 1. The fourth-order valence-corrected chi connectivity index (χ4v) is 2.08. The van der Waals surface area contributed by atoms with Gasteiger partial charge in [-0.1, -0.05) is 23.8 Å². The molecule has 0 aromatic carbocycles. The lowest BCUT2D eigenvalue weighted by atomic mass is 10.0. The van der Waals surface area contributed by atoms with Gasteiger partial charge >= 0.3 is 0 Å². The number of nitrogens with zero attached hydrogens (tertiary/aromatic N) is 2. The first-order valence-electron chi connectivity index (χ1n) is 5.48. The molecule has 1 atom stereocenters. The van der Waals surface area contributed by atoms with Crippen molar-refractivity contribution in [2.75, 3.05) is 17.2 Å². The van der Waals surface area contributed by atoms with Gasteiger partial charge in [-0.25, -0.2) is 9.97 Å². The molecule has 6 nitrogen and oxygen atoms in total. The number of halogens is 1. The summed E-state index contributed by atoms with van der Waals surface area (Å²) in [6.07, 6.45) is 7.32. The summed E-state index contributed by atoms with van der Waals surface area (Å²) < 4.78 is 0. The van der Waals surface area contributed by atoms with Crippen LogP contribution in [-0.2, 0) is 4.79 Å². The SMILES string of the molecule is O=CNc1c(Cl)ncnc1N[C@]1(CO)C=CCC1. The van der Waals surface area contributed by atoms with Crippen LogP contribution in [0.2, 0.25) is 5.15 Å². The second kappa shape index (κ2) is 5.32. The summed E-state index contributed by atoms with van der Waals surface area (Å²) in [5.41, 5.74) is -0.251. The molecule has 1 aliphatic rings. The van der Waals surface area contributed by atoms with Crippen LogP contribution in [0.15, 0.2) is 18.5 Å². The Morgan fingerprint density at radius 2 is 2.39 bits per heavy atom. The highest BCUT2D eigenvalue weighted by Gasteiger charge is 2.30. The molecule has 3 N–H and O–H groups in total. The maximum Gasteiger partial charge on any atom is 0.211 e. The van der Waals surface area contributed by atoms with Gasteiger partial charge in [-0.15, -0.1) is 0 Å². The molecule has 0 aliphatic heterocycles. The van der Waals surface area contributed by atoms with Gasteiger partial charge in [0.15, 0.2) is 11.0 Å². The lowest BCUT2D eigenvalue weighted by molar-refractivity contribution is -0.105. The Kier molecular flexibility index (Phi) is 3.78. The summed E-state index contributed by atoms with van der Waals surface area (Å²) in [6.45, 7) is -0.0638. The van der Waals surface area contributed by atoms with Crippen LogP contribution >= 0.6 is 11.6 Å². The van der Waals surface area contributed by atoms with Crippen LogP contribution in [-0.4, -0.2) is 33.6 Å². The Morgan fingerprint density at radius 1 is 1.56 bits per heavy atom. The standard InChI is InChI=1S/C11H13ClN4O2/c12-9-8(15-7-18)10(14-6-13-9)16-11(5-17)3-1-2-4-11/h1,3,6-7,17H,2,4-5H2,(H,15,18)(H,13,14,16)/t11-/m1/s1. The number of rotatable bonds is 5. The van der Waals surface area contributed by atoms with E-state index in [1.807, 2.05) is 12.2 Å². The van der Waals surface area contributed by atoms with Gasteiger partial charge in [-0.2, -0.15) is 0 Å². The van der Waals surface area contributed by atoms with Gasteiger partial charge in [-0.05, 0) is 12.8 Å². The number of allylic oxidation sites excluding steroid dienone is 1. The number of carbonyl (C=O) groups is 1. The summed E-state index contributed by atoms with van der Waals surface area (Å²) in [5, 5.41) is 15.2. The second-order valence-corrected chi connectivity index (χ2v) is 4.39. The predicted octanol–water partition coefficient (Wildman–Crippen LogP) is 1.19. The fraction of sp³-hybridized carbons (Fsp3) is 0.364. The summed E-state index contributed by atoms with van der Waals surface area (Å²) in [6, 6.07) is 0. The van der Waals surface area contributed by atoms with Crippen molar-refractivity contribution in [1.29, 1.82) is 0 Å². The zero-order chi connectivity index (χ0) is 13.0. The van der Waals surface area contributed by atoms with Crippen LogP contribution in [0.5, 0.6) is 0 Å². The number of anilines is 2. The number of hydrogen-bond acceptors (Lipinski definition) is 5. The van der Waals surface area contributed by atoms with E-state index in [9.17, 15) is 9.90 Å². The van der Waals surface area contributed by atoms with Crippen LogP contribution in [0.25, 0.3) is 0 Å². The molecule has 1 aliphatic carbocycles. The molecule has 1 aromatic heterocycles. The van der Waals surface area contributed by atoms with Crippen molar-refractivity contribution in [2.45, 2.75) is 18.4 Å². The Labute approximate surface area is 109 Å². The quantitative estimate of drug-likeness (QED) is 0.424. The number of aromatic nitrogens is 2. The normalized spacial score (nSPS) is 21.9. The summed E-state index contributed by atoms with van der Waals surface area (Å²) in [5.74, 6) is 0.391. The van der Waals surface area contributed by atoms with Gasteiger partial charge in [0.05, 0.1) is 12.1 Å². The zero-order valence-corrected chi connectivity index (χ0v) is 10.3. The first-order chi connectivity index (χ1) is 8.71. The van der Waals surface area contributed by atoms with Crippen molar-refractivity contribution < 1.29 is 9.90 Å². The number of nitrogens with one attached hydrogen (secondary N) is 2. The highest BCUT2D eigenvalue weighted by atomic mass is 35.5. The molecule has 1 heterocycles. The molecule has 96 valence electrons. The number of carbonyl (C=O) groups excluding carboxylic acids is 1. The highest BCUT2D eigenvalue weighted by Crippen LogP contribution is 2.32. The van der Waals surface area contributed by atoms with E-state index in [0.29, 0.717) is 17.9 Å². The molecule has 0 spiro atoms. The van der Waals surface area contributed by atoms with Gasteiger partial charge in [0, 0.05) is 0 Å². The summed E-state index contributed by atoms with van der Waals surface area (Å²) >= 11 is 5.89. The number of aliphatic hydroxyl groups is 1. The van der Waals surface area contributed by atoms with Crippen LogP contribution in [0.3, 0.4) is 0 Å². The first kappa shape index (κ1) is 12.8. The van der Waals surface area contributed by atoms with Crippen molar-refractivity contribution in [3.8, 4) is 0 Å². The third-order valence-electron chi connectivity index (χ3n) is 2.85. The van der Waals surface area contributed by atoms with E-state index in [0.717, 1.165) is 12.8 Å². The minimum absolute atomic E-state index is 0.0638. The lowest BCUT2D eigenvalue weighted by Gasteiger charge is -2.27. The molecule has 2 rings (SSSR count). The van der Waals surface area contributed by atoms with Crippen molar-refractivity contribution in [1.82, 2.24) is 9.97 Å². The molecule has 0 saturated carbocycles. The van der Waals surface area contributed by atoms with Gasteiger partial charge in [0.25, 0.3) is 0 Å². The van der Waals surface area contributed by atoms with Crippen molar-refractivity contribution in [3.05, 3.63) is 23.6 Å². The van der Waals surface area contributed by atoms with Crippen molar-refractivity contribution in [2.24, 2.45) is 0 Å². The highest BCUT2D eigenvalue weighted by molar-refractivity contribution is 6.32. The molecule has 0 bridgehead atoms. The molecule has 18 heavy (non-hydrogen) atoms. The summed E-state index contributed by atoms with van der Waals surface area (Å²) in [7, 11) is 0. The molecular weight excluding hydrogens is 256 g/mol. The molecule has 0 radical (unpaired) electrons. The number of amides is 1. The van der Waals surface area contributed by atoms with Gasteiger partial charge in [0.2, 0.25) is 6.41 Å². The van der Waals surface area contributed by atoms with Gasteiger partial charge in [0.1, 0.15) is 12.0 Å². The maximum absolute atomic E-state index is 10.5. The van der Waals surface area contributed by atoms with E-state index in [-0.39, 0.29) is 11.8 Å². The Hall–Kier alpha value is -1.66. The molecule has 1 aromatic rings. The average Bonchev–Trinajstić information content (AvgIpc) is 2.83. The van der Waals surface area contributed by atoms with E-state index in [1.165, 1.54) is 6.33 Å². The van der Waals surface area contributed by atoms with Crippen LogP contribution in [0.4, 0.5) is 11.5 Å². The fourth-order valence-electron chi connectivity index (χ4n) is 1.89.